The summed E-state index contributed by atoms with van der Waals surface area (Å²) in [6.07, 6.45) is 0.989. The Morgan fingerprint density at radius 1 is 1.17 bits per heavy atom. The van der Waals surface area contributed by atoms with E-state index in [1.165, 1.54) is 0 Å². The molecule has 0 saturated carbocycles. The molecule has 0 aromatic heterocycles. The average molecular weight is 253 g/mol. The van der Waals surface area contributed by atoms with E-state index in [2.05, 4.69) is 12.2 Å². The van der Waals surface area contributed by atoms with Crippen LogP contribution in [0.3, 0.4) is 0 Å². The highest BCUT2D eigenvalue weighted by molar-refractivity contribution is 5.40. The van der Waals surface area contributed by atoms with Gasteiger partial charge in [-0.15, -0.1) is 0 Å². The highest BCUT2D eigenvalue weighted by Crippen LogP contribution is 2.23. The fourth-order valence-electron chi connectivity index (χ4n) is 1.70. The molecule has 18 heavy (non-hydrogen) atoms. The molecule has 0 aliphatic carbocycles. The minimum Gasteiger partial charge on any atom is -0.497 e. The third kappa shape index (κ3) is 4.55. The summed E-state index contributed by atoms with van der Waals surface area (Å²) in [7, 11) is 5.07. The van der Waals surface area contributed by atoms with Gasteiger partial charge in [0.05, 0.1) is 14.2 Å². The molecule has 0 aliphatic rings. The van der Waals surface area contributed by atoms with E-state index in [-0.39, 0.29) is 0 Å². The third-order valence-electron chi connectivity index (χ3n) is 2.88. The number of hydrogen-bond acceptors (Lipinski definition) is 4. The molecule has 1 atom stereocenters. The lowest BCUT2D eigenvalue weighted by Crippen LogP contribution is -2.26. The van der Waals surface area contributed by atoms with E-state index in [9.17, 15) is 0 Å². The van der Waals surface area contributed by atoms with E-state index >= 15 is 0 Å². The summed E-state index contributed by atoms with van der Waals surface area (Å²) in [4.78, 5) is 0. The van der Waals surface area contributed by atoms with Gasteiger partial charge in [0.1, 0.15) is 11.5 Å². The van der Waals surface area contributed by atoms with Gasteiger partial charge in [0.15, 0.2) is 0 Å². The summed E-state index contributed by atoms with van der Waals surface area (Å²) in [6, 6.07) is 6.22. The maximum absolute atomic E-state index is 5.34. The normalized spacial score (nSPS) is 12.2. The lowest BCUT2D eigenvalue weighted by molar-refractivity contribution is 0.184. The highest BCUT2D eigenvalue weighted by atomic mass is 16.5. The van der Waals surface area contributed by atoms with Crippen molar-refractivity contribution in [2.75, 3.05) is 27.9 Å². The van der Waals surface area contributed by atoms with Crippen LogP contribution in [-0.4, -0.2) is 34.0 Å². The van der Waals surface area contributed by atoms with E-state index in [1.54, 1.807) is 21.3 Å². The molecule has 1 aromatic carbocycles. The molecule has 0 saturated heterocycles. The van der Waals surface area contributed by atoms with E-state index in [0.29, 0.717) is 6.04 Å². The molecule has 1 rings (SSSR count). The molecular weight excluding hydrogens is 230 g/mol. The van der Waals surface area contributed by atoms with Gasteiger partial charge < -0.3 is 19.5 Å². The topological polar surface area (TPSA) is 39.7 Å². The summed E-state index contributed by atoms with van der Waals surface area (Å²) in [5.41, 5.74) is 1.10. The Balaban J connectivity index is 2.59. The first-order valence-corrected chi connectivity index (χ1v) is 6.14. The number of benzene rings is 1. The van der Waals surface area contributed by atoms with Gasteiger partial charge in [-0.2, -0.15) is 0 Å². The van der Waals surface area contributed by atoms with Crippen LogP contribution in [0, 0.1) is 0 Å². The largest absolute Gasteiger partial charge is 0.497 e. The Morgan fingerprint density at radius 3 is 2.56 bits per heavy atom. The van der Waals surface area contributed by atoms with Crippen LogP contribution in [0.1, 0.15) is 18.9 Å². The summed E-state index contributed by atoms with van der Waals surface area (Å²) in [5, 5.41) is 3.44. The lowest BCUT2D eigenvalue weighted by Gasteiger charge is -2.15. The van der Waals surface area contributed by atoms with Crippen LogP contribution >= 0.6 is 0 Å². The van der Waals surface area contributed by atoms with Crippen molar-refractivity contribution in [3.05, 3.63) is 23.8 Å². The van der Waals surface area contributed by atoms with Gasteiger partial charge in [-0.3, -0.25) is 0 Å². The van der Waals surface area contributed by atoms with Gasteiger partial charge in [0, 0.05) is 31.9 Å². The van der Waals surface area contributed by atoms with Crippen LogP contribution in [0.5, 0.6) is 11.5 Å². The van der Waals surface area contributed by atoms with Crippen LogP contribution in [0.4, 0.5) is 0 Å². The molecule has 0 bridgehead atoms. The molecular formula is C14H23NO3. The summed E-state index contributed by atoms with van der Waals surface area (Å²) in [5.74, 6) is 1.72. The fraction of sp³-hybridized carbons (Fsp3) is 0.571. The van der Waals surface area contributed by atoms with Crippen molar-refractivity contribution in [2.45, 2.75) is 25.9 Å². The Kier molecular flexibility index (Phi) is 6.54. The Hall–Kier alpha value is -1.26. The van der Waals surface area contributed by atoms with Crippen LogP contribution in [0.15, 0.2) is 18.2 Å². The van der Waals surface area contributed by atoms with Crippen LogP contribution in [0.2, 0.25) is 0 Å². The zero-order valence-electron chi connectivity index (χ0n) is 11.7. The number of hydrogen-bond donors (Lipinski definition) is 1. The second kappa shape index (κ2) is 7.95. The minimum absolute atomic E-state index is 0.404. The Morgan fingerprint density at radius 2 is 1.94 bits per heavy atom. The number of ether oxygens (including phenoxy) is 3. The zero-order valence-corrected chi connectivity index (χ0v) is 11.7. The van der Waals surface area contributed by atoms with Gasteiger partial charge in [-0.05, 0) is 31.5 Å². The average Bonchev–Trinajstić information content (AvgIpc) is 2.42. The molecule has 0 amide bonds. The summed E-state index contributed by atoms with van der Waals surface area (Å²) >= 11 is 0. The maximum Gasteiger partial charge on any atom is 0.123 e. The molecule has 4 nitrogen and oxygen atoms in total. The van der Waals surface area contributed by atoms with Gasteiger partial charge in [-0.1, -0.05) is 0 Å². The summed E-state index contributed by atoms with van der Waals surface area (Å²) < 4.78 is 15.6. The third-order valence-corrected chi connectivity index (χ3v) is 2.88. The maximum atomic E-state index is 5.34. The Bertz CT molecular complexity index is 355. The van der Waals surface area contributed by atoms with Crippen molar-refractivity contribution < 1.29 is 14.2 Å². The van der Waals surface area contributed by atoms with Crippen molar-refractivity contribution >= 4 is 0 Å². The predicted molar refractivity (Wildman–Crippen MR) is 72.3 cm³/mol. The van der Waals surface area contributed by atoms with Gasteiger partial charge in [-0.25, -0.2) is 0 Å². The molecule has 0 heterocycles. The lowest BCUT2D eigenvalue weighted by atomic mass is 10.1. The van der Waals surface area contributed by atoms with Crippen LogP contribution < -0.4 is 14.8 Å². The molecule has 4 heteroatoms. The van der Waals surface area contributed by atoms with E-state index in [1.807, 2.05) is 18.2 Å². The number of rotatable bonds is 8. The predicted octanol–water partition coefficient (Wildman–Crippen LogP) is 2.22. The van der Waals surface area contributed by atoms with Gasteiger partial charge in [0.2, 0.25) is 0 Å². The van der Waals surface area contributed by atoms with Gasteiger partial charge >= 0.3 is 0 Å². The van der Waals surface area contributed by atoms with E-state index in [0.717, 1.165) is 36.6 Å². The molecule has 1 N–H and O–H groups in total. The van der Waals surface area contributed by atoms with Crippen molar-refractivity contribution in [2.24, 2.45) is 0 Å². The van der Waals surface area contributed by atoms with E-state index in [4.69, 9.17) is 14.2 Å². The molecule has 0 radical (unpaired) electrons. The van der Waals surface area contributed by atoms with E-state index < -0.39 is 0 Å². The first-order chi connectivity index (χ1) is 8.71. The first-order valence-electron chi connectivity index (χ1n) is 6.14. The molecule has 0 aliphatic heterocycles. The van der Waals surface area contributed by atoms with Crippen LogP contribution in [0.25, 0.3) is 0 Å². The SMILES string of the molecule is COCCC(C)NCc1cc(OC)ccc1OC. The molecule has 0 spiro atoms. The molecule has 1 unspecified atom stereocenters. The first kappa shape index (κ1) is 14.8. The smallest absolute Gasteiger partial charge is 0.123 e. The van der Waals surface area contributed by atoms with Crippen molar-refractivity contribution in [1.29, 1.82) is 0 Å². The fourth-order valence-corrected chi connectivity index (χ4v) is 1.70. The Labute approximate surface area is 109 Å². The summed E-state index contributed by atoms with van der Waals surface area (Å²) in [6.45, 7) is 3.67. The number of methoxy groups -OCH3 is 3. The van der Waals surface area contributed by atoms with Crippen molar-refractivity contribution in [3.8, 4) is 11.5 Å². The zero-order chi connectivity index (χ0) is 13.4. The number of nitrogens with one attached hydrogen (secondary N) is 1. The minimum atomic E-state index is 0.404. The molecule has 0 fully saturated rings. The quantitative estimate of drug-likeness (QED) is 0.771. The van der Waals surface area contributed by atoms with Gasteiger partial charge in [0.25, 0.3) is 0 Å². The molecule has 102 valence electrons. The van der Waals surface area contributed by atoms with Crippen LogP contribution in [-0.2, 0) is 11.3 Å². The molecule has 1 aromatic rings. The second-order valence-electron chi connectivity index (χ2n) is 4.24. The van der Waals surface area contributed by atoms with Crippen molar-refractivity contribution in [1.82, 2.24) is 5.32 Å². The monoisotopic (exact) mass is 253 g/mol. The second-order valence-corrected chi connectivity index (χ2v) is 4.24. The standard InChI is InChI=1S/C14H23NO3/c1-11(7-8-16-2)15-10-12-9-13(17-3)5-6-14(12)18-4/h5-6,9,11,15H,7-8,10H2,1-4H3. The highest BCUT2D eigenvalue weighted by Gasteiger charge is 2.07. The van der Waals surface area contributed by atoms with Crippen molar-refractivity contribution in [3.63, 3.8) is 0 Å².